The first-order chi connectivity index (χ1) is 8.97. The van der Waals surface area contributed by atoms with Crippen LogP contribution in [0.4, 0.5) is 13.2 Å². The van der Waals surface area contributed by atoms with E-state index >= 15 is 0 Å². The van der Waals surface area contributed by atoms with Gasteiger partial charge in [-0.2, -0.15) is 13.2 Å². The normalized spacial score (nSPS) is 31.5. The van der Waals surface area contributed by atoms with Crippen molar-refractivity contribution in [3.05, 3.63) is 11.6 Å². The fourth-order valence-corrected chi connectivity index (χ4v) is 2.73. The number of aromatic nitrogens is 3. The number of nitrogens with two attached hydrogens (primary N) is 1. The first kappa shape index (κ1) is 12.9. The van der Waals surface area contributed by atoms with Gasteiger partial charge in [-0.05, 0) is 6.42 Å². The molecule has 3 heterocycles. The van der Waals surface area contributed by atoms with Crippen molar-refractivity contribution in [3.8, 4) is 0 Å². The first-order valence-electron chi connectivity index (χ1n) is 6.29. The van der Waals surface area contributed by atoms with Crippen LogP contribution >= 0.6 is 0 Å². The third kappa shape index (κ3) is 2.23. The monoisotopic (exact) mass is 276 g/mol. The number of alkyl halides is 3. The molecule has 3 rings (SSSR count). The average Bonchev–Trinajstić information content (AvgIpc) is 2.92. The predicted octanol–water partition coefficient (Wildman–Crippen LogP) is 0.844. The van der Waals surface area contributed by atoms with Crippen molar-refractivity contribution in [3.63, 3.8) is 0 Å². The van der Waals surface area contributed by atoms with Gasteiger partial charge in [-0.3, -0.25) is 0 Å². The highest BCUT2D eigenvalue weighted by Gasteiger charge is 2.43. The summed E-state index contributed by atoms with van der Waals surface area (Å²) in [5.41, 5.74) is 5.90. The van der Waals surface area contributed by atoms with Crippen LogP contribution in [0.15, 0.2) is 0 Å². The second kappa shape index (κ2) is 4.45. The molecule has 0 radical (unpaired) electrons. The Balaban J connectivity index is 1.88. The van der Waals surface area contributed by atoms with Gasteiger partial charge in [0.25, 0.3) is 0 Å². The maximum Gasteiger partial charge on any atom is 0.393 e. The van der Waals surface area contributed by atoms with Crippen molar-refractivity contribution in [2.24, 2.45) is 11.7 Å². The summed E-state index contributed by atoms with van der Waals surface area (Å²) in [6, 6.07) is -0.223. The number of ether oxygens (including phenoxy) is 1. The Kier molecular flexibility index (Phi) is 3.01. The SMILES string of the molecule is NC1COCC1c1nnc2n1CC(C(F)(F)F)CC2. The number of rotatable bonds is 1. The molecular formula is C11H15F3N4O. The van der Waals surface area contributed by atoms with Crippen LogP contribution in [-0.4, -0.2) is 40.2 Å². The number of nitrogens with zero attached hydrogens (tertiary/aromatic N) is 3. The van der Waals surface area contributed by atoms with E-state index in [1.165, 1.54) is 0 Å². The zero-order chi connectivity index (χ0) is 13.6. The molecule has 0 aromatic carbocycles. The second-order valence-electron chi connectivity index (χ2n) is 5.17. The van der Waals surface area contributed by atoms with E-state index in [-0.39, 0.29) is 24.9 Å². The summed E-state index contributed by atoms with van der Waals surface area (Å²) in [7, 11) is 0. The summed E-state index contributed by atoms with van der Waals surface area (Å²) in [6.07, 6.45) is -3.79. The van der Waals surface area contributed by atoms with Crippen LogP contribution in [0.3, 0.4) is 0 Å². The molecule has 5 nitrogen and oxygen atoms in total. The Morgan fingerprint density at radius 1 is 1.26 bits per heavy atom. The van der Waals surface area contributed by atoms with E-state index in [0.717, 1.165) is 0 Å². The van der Waals surface area contributed by atoms with E-state index in [1.807, 2.05) is 0 Å². The van der Waals surface area contributed by atoms with Crippen LogP contribution in [0.2, 0.25) is 0 Å². The fraction of sp³-hybridized carbons (Fsp3) is 0.818. The zero-order valence-corrected chi connectivity index (χ0v) is 10.2. The summed E-state index contributed by atoms with van der Waals surface area (Å²) in [5.74, 6) is -0.329. The maximum atomic E-state index is 12.8. The summed E-state index contributed by atoms with van der Waals surface area (Å²) in [4.78, 5) is 0. The smallest absolute Gasteiger partial charge is 0.379 e. The minimum atomic E-state index is -4.17. The molecule has 2 aliphatic heterocycles. The van der Waals surface area contributed by atoms with Crippen molar-refractivity contribution in [1.82, 2.24) is 14.8 Å². The van der Waals surface area contributed by atoms with E-state index < -0.39 is 12.1 Å². The summed E-state index contributed by atoms with van der Waals surface area (Å²) < 4.78 is 45.3. The van der Waals surface area contributed by atoms with Crippen LogP contribution in [0.5, 0.6) is 0 Å². The standard InChI is InChI=1S/C11H15F3N4O/c12-11(13,14)6-1-2-9-16-17-10(18(9)3-6)7-4-19-5-8(7)15/h6-8H,1-5,15H2. The predicted molar refractivity (Wildman–Crippen MR) is 59.4 cm³/mol. The lowest BCUT2D eigenvalue weighted by Crippen LogP contribution is -2.35. The highest BCUT2D eigenvalue weighted by Crippen LogP contribution is 2.36. The molecule has 19 heavy (non-hydrogen) atoms. The lowest BCUT2D eigenvalue weighted by Gasteiger charge is -2.27. The molecular weight excluding hydrogens is 261 g/mol. The van der Waals surface area contributed by atoms with Crippen molar-refractivity contribution in [2.45, 2.75) is 37.5 Å². The van der Waals surface area contributed by atoms with Gasteiger partial charge >= 0.3 is 6.18 Å². The molecule has 0 saturated carbocycles. The van der Waals surface area contributed by atoms with E-state index in [1.54, 1.807) is 4.57 Å². The molecule has 2 N–H and O–H groups in total. The molecule has 3 unspecified atom stereocenters. The third-order valence-electron chi connectivity index (χ3n) is 3.89. The molecule has 1 aromatic heterocycles. The van der Waals surface area contributed by atoms with Crippen molar-refractivity contribution in [1.29, 1.82) is 0 Å². The van der Waals surface area contributed by atoms with Crippen LogP contribution < -0.4 is 5.73 Å². The van der Waals surface area contributed by atoms with E-state index in [9.17, 15) is 13.2 Å². The Bertz CT molecular complexity index is 473. The lowest BCUT2D eigenvalue weighted by molar-refractivity contribution is -0.182. The minimum absolute atomic E-state index is 0.0782. The number of fused-ring (bicyclic) bond motifs is 1. The Hall–Kier alpha value is -1.15. The van der Waals surface area contributed by atoms with Crippen LogP contribution in [0.25, 0.3) is 0 Å². The van der Waals surface area contributed by atoms with Gasteiger partial charge < -0.3 is 15.0 Å². The number of hydrogen-bond donors (Lipinski definition) is 1. The van der Waals surface area contributed by atoms with Gasteiger partial charge in [0.05, 0.1) is 25.0 Å². The molecule has 1 aromatic rings. The summed E-state index contributed by atoms with van der Waals surface area (Å²) >= 11 is 0. The molecule has 1 fully saturated rings. The van der Waals surface area contributed by atoms with Crippen LogP contribution in [0.1, 0.15) is 24.0 Å². The molecule has 8 heteroatoms. The van der Waals surface area contributed by atoms with Crippen LogP contribution in [-0.2, 0) is 17.7 Å². The molecule has 0 aliphatic carbocycles. The summed E-state index contributed by atoms with van der Waals surface area (Å²) in [6.45, 7) is 0.704. The quantitative estimate of drug-likeness (QED) is 0.825. The van der Waals surface area contributed by atoms with Gasteiger partial charge in [-0.1, -0.05) is 0 Å². The van der Waals surface area contributed by atoms with Gasteiger partial charge in [-0.25, -0.2) is 0 Å². The van der Waals surface area contributed by atoms with Gasteiger partial charge in [0, 0.05) is 19.0 Å². The van der Waals surface area contributed by atoms with Gasteiger partial charge in [-0.15, -0.1) is 10.2 Å². The highest BCUT2D eigenvalue weighted by molar-refractivity contribution is 5.10. The number of aryl methyl sites for hydroxylation is 1. The van der Waals surface area contributed by atoms with Gasteiger partial charge in [0.2, 0.25) is 0 Å². The highest BCUT2D eigenvalue weighted by atomic mass is 19.4. The summed E-state index contributed by atoms with van der Waals surface area (Å²) in [5, 5.41) is 8.02. The first-order valence-corrected chi connectivity index (χ1v) is 6.29. The minimum Gasteiger partial charge on any atom is -0.379 e. The molecule has 0 bridgehead atoms. The molecule has 106 valence electrons. The third-order valence-corrected chi connectivity index (χ3v) is 3.89. The van der Waals surface area contributed by atoms with Crippen LogP contribution in [0, 0.1) is 5.92 Å². The van der Waals surface area contributed by atoms with E-state index in [2.05, 4.69) is 10.2 Å². The van der Waals surface area contributed by atoms with E-state index in [0.29, 0.717) is 31.3 Å². The van der Waals surface area contributed by atoms with Crippen molar-refractivity contribution in [2.75, 3.05) is 13.2 Å². The molecule has 3 atom stereocenters. The van der Waals surface area contributed by atoms with E-state index in [4.69, 9.17) is 10.5 Å². The Labute approximate surface area is 107 Å². The fourth-order valence-electron chi connectivity index (χ4n) is 2.73. The second-order valence-corrected chi connectivity index (χ2v) is 5.17. The van der Waals surface area contributed by atoms with Gasteiger partial charge in [0.15, 0.2) is 0 Å². The number of hydrogen-bond acceptors (Lipinski definition) is 4. The average molecular weight is 276 g/mol. The molecule has 0 spiro atoms. The van der Waals surface area contributed by atoms with Crippen molar-refractivity contribution >= 4 is 0 Å². The lowest BCUT2D eigenvalue weighted by atomic mass is 9.97. The molecule has 0 amide bonds. The van der Waals surface area contributed by atoms with Gasteiger partial charge in [0.1, 0.15) is 11.6 Å². The number of halogens is 3. The largest absolute Gasteiger partial charge is 0.393 e. The maximum absolute atomic E-state index is 12.8. The van der Waals surface area contributed by atoms with Crippen molar-refractivity contribution < 1.29 is 17.9 Å². The molecule has 1 saturated heterocycles. The zero-order valence-electron chi connectivity index (χ0n) is 10.2. The Morgan fingerprint density at radius 3 is 2.68 bits per heavy atom. The Morgan fingerprint density at radius 2 is 2.05 bits per heavy atom. The topological polar surface area (TPSA) is 66.0 Å². The molecule has 2 aliphatic rings.